The van der Waals surface area contributed by atoms with Crippen LogP contribution in [0.2, 0.25) is 0 Å². The van der Waals surface area contributed by atoms with Gasteiger partial charge in [-0.15, -0.1) is 0 Å². The molecule has 0 aliphatic heterocycles. The number of fused-ring (bicyclic) bond motifs is 1. The maximum atomic E-state index is 12.6. The Morgan fingerprint density at radius 2 is 2.03 bits per heavy atom. The van der Waals surface area contributed by atoms with Gasteiger partial charge in [-0.1, -0.05) is 50.8 Å². The number of ether oxygens (including phenoxy) is 1. The van der Waals surface area contributed by atoms with Gasteiger partial charge in [0.05, 0.1) is 18.0 Å². The molecule has 0 aliphatic rings. The van der Waals surface area contributed by atoms with E-state index in [1.165, 1.54) is 0 Å². The second kappa shape index (κ2) is 12.3. The number of benzene rings is 1. The summed E-state index contributed by atoms with van der Waals surface area (Å²) in [5.41, 5.74) is 7.48. The van der Waals surface area contributed by atoms with Gasteiger partial charge in [0.15, 0.2) is 5.78 Å². The van der Waals surface area contributed by atoms with Crippen molar-refractivity contribution >= 4 is 39.8 Å². The maximum Gasteiger partial charge on any atom is 0.179 e. The summed E-state index contributed by atoms with van der Waals surface area (Å²) in [7, 11) is 1.69. The Balaban J connectivity index is 1.95. The van der Waals surface area contributed by atoms with Gasteiger partial charge in [-0.05, 0) is 73.7 Å². The topological polar surface area (TPSA) is 67.0 Å². The van der Waals surface area contributed by atoms with Gasteiger partial charge in [-0.2, -0.15) is 0 Å². The van der Waals surface area contributed by atoms with Crippen molar-refractivity contribution in [1.29, 1.82) is 0 Å². The van der Waals surface area contributed by atoms with Crippen molar-refractivity contribution in [3.05, 3.63) is 89.3 Å². The quantitative estimate of drug-likeness (QED) is 0.214. The Hall–Kier alpha value is -3.70. The van der Waals surface area contributed by atoms with Crippen LogP contribution in [0.1, 0.15) is 61.4 Å². The van der Waals surface area contributed by atoms with Crippen LogP contribution in [0.15, 0.2) is 66.8 Å². The first kappa shape index (κ1) is 26.9. The van der Waals surface area contributed by atoms with Gasteiger partial charge in [0.1, 0.15) is 5.82 Å². The first-order chi connectivity index (χ1) is 17.2. The number of H-pyrrole nitrogens is 1. The zero-order valence-corrected chi connectivity index (χ0v) is 22.2. The van der Waals surface area contributed by atoms with E-state index in [0.29, 0.717) is 24.6 Å². The molecule has 0 bridgehead atoms. The number of rotatable bonds is 11. The first-order valence-corrected chi connectivity index (χ1v) is 12.3. The Bertz CT molecular complexity index is 1340. The molecular weight excluding hydrogens is 446 g/mol. The van der Waals surface area contributed by atoms with Crippen molar-refractivity contribution in [3.63, 3.8) is 0 Å². The van der Waals surface area contributed by atoms with E-state index < -0.39 is 0 Å². The minimum Gasteiger partial charge on any atom is -0.380 e. The predicted molar refractivity (Wildman–Crippen MR) is 153 cm³/mol. The van der Waals surface area contributed by atoms with Crippen LogP contribution in [0.25, 0.3) is 22.6 Å². The van der Waals surface area contributed by atoms with Crippen LogP contribution in [0, 0.1) is 12.8 Å². The fourth-order valence-electron chi connectivity index (χ4n) is 4.10. The van der Waals surface area contributed by atoms with E-state index >= 15 is 0 Å². The summed E-state index contributed by atoms with van der Waals surface area (Å²) >= 11 is 0. The molecule has 2 heterocycles. The van der Waals surface area contributed by atoms with Crippen molar-refractivity contribution < 1.29 is 9.53 Å². The monoisotopic (exact) mass is 483 g/mol. The molecule has 5 heteroatoms. The molecule has 5 nitrogen and oxygen atoms in total. The number of Topliss-reactive ketones (excluding diaryl/α,β-unsaturated/α-hetero) is 1. The van der Waals surface area contributed by atoms with Crippen LogP contribution in [0.3, 0.4) is 0 Å². The largest absolute Gasteiger partial charge is 0.380 e. The standard InChI is InChI=1S/C31H37N3O2/c1-8-10-11-23(19-36-7)15-21(5)27-13-12-24(9-2)31(34-27)32-26-16-22(6)30-25(17-26)18-28(33-30)29(35)14-20(3)4/h8-13,15-18,20,33H,2,14,19H2,1,3-7H3,(H,32,34). The highest BCUT2D eigenvalue weighted by atomic mass is 16.5. The van der Waals surface area contributed by atoms with Crippen LogP contribution in [0.5, 0.6) is 0 Å². The van der Waals surface area contributed by atoms with E-state index in [1.54, 1.807) is 13.2 Å². The van der Waals surface area contributed by atoms with Crippen LogP contribution in [0.4, 0.5) is 11.5 Å². The van der Waals surface area contributed by atoms with Gasteiger partial charge < -0.3 is 15.0 Å². The third kappa shape index (κ3) is 6.70. The number of nitrogens with zero attached hydrogens (tertiary/aromatic N) is 1. The molecule has 0 saturated carbocycles. The molecule has 0 unspecified atom stereocenters. The van der Waals surface area contributed by atoms with Gasteiger partial charge in [0.25, 0.3) is 0 Å². The van der Waals surface area contributed by atoms with Crippen molar-refractivity contribution in [3.8, 4) is 0 Å². The minimum atomic E-state index is 0.136. The number of aromatic amines is 1. The number of pyridine rings is 1. The molecule has 0 aliphatic carbocycles. The second-order valence-corrected chi connectivity index (χ2v) is 9.45. The van der Waals surface area contributed by atoms with E-state index in [4.69, 9.17) is 9.72 Å². The number of hydrogen-bond donors (Lipinski definition) is 2. The summed E-state index contributed by atoms with van der Waals surface area (Å²) in [6.07, 6.45) is 10.4. The maximum absolute atomic E-state index is 12.6. The summed E-state index contributed by atoms with van der Waals surface area (Å²) in [5.74, 6) is 1.18. The van der Waals surface area contributed by atoms with Gasteiger partial charge in [0, 0.05) is 35.7 Å². The fourth-order valence-corrected chi connectivity index (χ4v) is 4.10. The number of methoxy groups -OCH3 is 1. The molecule has 188 valence electrons. The van der Waals surface area contributed by atoms with Crippen molar-refractivity contribution in [2.45, 2.75) is 41.0 Å². The second-order valence-electron chi connectivity index (χ2n) is 9.45. The highest BCUT2D eigenvalue weighted by Gasteiger charge is 2.14. The molecule has 3 rings (SSSR count). The van der Waals surface area contributed by atoms with Gasteiger partial charge in [0.2, 0.25) is 0 Å². The van der Waals surface area contributed by atoms with Gasteiger partial charge in [-0.25, -0.2) is 4.98 Å². The molecule has 0 fully saturated rings. The van der Waals surface area contributed by atoms with Crippen molar-refractivity contribution in [2.24, 2.45) is 5.92 Å². The minimum absolute atomic E-state index is 0.136. The normalized spacial score (nSPS) is 12.6. The highest BCUT2D eigenvalue weighted by molar-refractivity contribution is 6.01. The molecule has 0 spiro atoms. The lowest BCUT2D eigenvalue weighted by Gasteiger charge is -2.13. The number of aromatic nitrogens is 2. The number of ketones is 1. The lowest BCUT2D eigenvalue weighted by atomic mass is 10.1. The van der Waals surface area contributed by atoms with Crippen LogP contribution >= 0.6 is 0 Å². The molecule has 0 radical (unpaired) electrons. The van der Waals surface area contributed by atoms with Crippen LogP contribution < -0.4 is 5.32 Å². The number of carbonyl (C=O) groups is 1. The molecule has 0 amide bonds. The van der Waals surface area contributed by atoms with E-state index in [2.05, 4.69) is 42.9 Å². The zero-order chi connectivity index (χ0) is 26.2. The summed E-state index contributed by atoms with van der Waals surface area (Å²) < 4.78 is 5.34. The number of nitrogens with one attached hydrogen (secondary N) is 2. The number of allylic oxidation sites excluding steroid dienone is 4. The smallest absolute Gasteiger partial charge is 0.179 e. The predicted octanol–water partition coefficient (Wildman–Crippen LogP) is 8.04. The van der Waals surface area contributed by atoms with Crippen LogP contribution in [-0.4, -0.2) is 29.5 Å². The number of aryl methyl sites for hydroxylation is 1. The third-order valence-electron chi connectivity index (χ3n) is 5.85. The average Bonchev–Trinajstić information content (AvgIpc) is 3.27. The molecular formula is C31H37N3O2. The average molecular weight is 484 g/mol. The van der Waals surface area contributed by atoms with Crippen LogP contribution in [-0.2, 0) is 4.74 Å². The summed E-state index contributed by atoms with van der Waals surface area (Å²) in [5, 5.41) is 4.47. The Morgan fingerprint density at radius 3 is 2.69 bits per heavy atom. The number of hydrogen-bond acceptors (Lipinski definition) is 4. The lowest BCUT2D eigenvalue weighted by Crippen LogP contribution is -2.03. The van der Waals surface area contributed by atoms with E-state index in [9.17, 15) is 4.79 Å². The molecule has 2 N–H and O–H groups in total. The zero-order valence-electron chi connectivity index (χ0n) is 22.2. The fraction of sp³-hybridized carbons (Fsp3) is 0.290. The highest BCUT2D eigenvalue weighted by Crippen LogP contribution is 2.29. The number of carbonyl (C=O) groups excluding carboxylic acids is 1. The summed E-state index contributed by atoms with van der Waals surface area (Å²) in [4.78, 5) is 20.8. The first-order valence-electron chi connectivity index (χ1n) is 12.3. The molecule has 36 heavy (non-hydrogen) atoms. The van der Waals surface area contributed by atoms with E-state index in [0.717, 1.165) is 50.4 Å². The molecule has 1 aromatic carbocycles. The SMILES string of the molecule is C=Cc1ccc(C(C)=CC(=CC=CC)COC)nc1Nc1cc(C)c2[nH]c(C(=O)CC(C)C)cc2c1. The van der Waals surface area contributed by atoms with E-state index in [-0.39, 0.29) is 5.78 Å². The molecule has 2 aromatic heterocycles. The summed E-state index contributed by atoms with van der Waals surface area (Å²) in [6.45, 7) is 14.7. The van der Waals surface area contributed by atoms with E-state index in [1.807, 2.05) is 63.3 Å². The molecule has 3 aromatic rings. The third-order valence-corrected chi connectivity index (χ3v) is 5.85. The Labute approximate surface area is 214 Å². The molecule has 0 saturated heterocycles. The summed E-state index contributed by atoms with van der Waals surface area (Å²) in [6, 6.07) is 10.1. The Morgan fingerprint density at radius 1 is 1.25 bits per heavy atom. The van der Waals surface area contributed by atoms with Crippen molar-refractivity contribution in [2.75, 3.05) is 19.0 Å². The lowest BCUT2D eigenvalue weighted by molar-refractivity contribution is 0.0964. The Kier molecular flexibility index (Phi) is 9.20. The number of anilines is 2. The van der Waals surface area contributed by atoms with Gasteiger partial charge in [-0.3, -0.25) is 4.79 Å². The van der Waals surface area contributed by atoms with Gasteiger partial charge >= 0.3 is 0 Å². The van der Waals surface area contributed by atoms with Crippen molar-refractivity contribution in [1.82, 2.24) is 9.97 Å². The molecule has 0 atom stereocenters.